The van der Waals surface area contributed by atoms with Crippen molar-refractivity contribution >= 4 is 15.6 Å². The lowest BCUT2D eigenvalue weighted by atomic mass is 10.1. The number of benzene rings is 1. The van der Waals surface area contributed by atoms with E-state index in [0.717, 1.165) is 5.56 Å². The third kappa shape index (κ3) is 5.60. The maximum absolute atomic E-state index is 11.6. The minimum Gasteiger partial charge on any atom is -0.384 e. The monoisotopic (exact) mass is 256 g/mol. The van der Waals surface area contributed by atoms with Crippen LogP contribution in [0.3, 0.4) is 0 Å². The van der Waals surface area contributed by atoms with Gasteiger partial charge in [-0.25, -0.2) is 8.42 Å². The average Bonchev–Trinajstić information content (AvgIpc) is 2.27. The van der Waals surface area contributed by atoms with Gasteiger partial charge in [0.15, 0.2) is 15.6 Å². The number of rotatable bonds is 7. The van der Waals surface area contributed by atoms with Crippen molar-refractivity contribution in [2.75, 3.05) is 25.2 Å². The first-order valence-electron chi connectivity index (χ1n) is 5.28. The molecule has 0 aromatic heterocycles. The number of ether oxygens (including phenoxy) is 1. The summed E-state index contributed by atoms with van der Waals surface area (Å²) in [6.45, 7) is 0.126. The van der Waals surface area contributed by atoms with Crippen LogP contribution < -0.4 is 0 Å². The first kappa shape index (κ1) is 13.9. The molecule has 0 fully saturated rings. The van der Waals surface area contributed by atoms with E-state index in [1.165, 1.54) is 7.11 Å². The van der Waals surface area contributed by atoms with Crippen LogP contribution in [0.2, 0.25) is 0 Å². The molecule has 0 bridgehead atoms. The third-order valence-corrected chi connectivity index (χ3v) is 3.77. The van der Waals surface area contributed by atoms with Gasteiger partial charge in [-0.1, -0.05) is 30.3 Å². The van der Waals surface area contributed by atoms with Crippen LogP contribution in [0.15, 0.2) is 30.3 Å². The van der Waals surface area contributed by atoms with E-state index in [9.17, 15) is 13.2 Å². The Bertz CT molecular complexity index is 451. The van der Waals surface area contributed by atoms with Gasteiger partial charge in [0.05, 0.1) is 12.4 Å². The van der Waals surface area contributed by atoms with E-state index in [1.807, 2.05) is 18.2 Å². The molecule has 0 aliphatic rings. The van der Waals surface area contributed by atoms with E-state index < -0.39 is 15.6 Å². The second-order valence-corrected chi connectivity index (χ2v) is 5.97. The van der Waals surface area contributed by atoms with Crippen molar-refractivity contribution in [1.29, 1.82) is 0 Å². The molecule has 0 saturated carbocycles. The number of hydrogen-bond donors (Lipinski definition) is 0. The Morgan fingerprint density at radius 1 is 1.24 bits per heavy atom. The van der Waals surface area contributed by atoms with Crippen molar-refractivity contribution in [2.24, 2.45) is 0 Å². The minimum absolute atomic E-state index is 0.107. The Balaban J connectivity index is 2.50. The zero-order chi connectivity index (χ0) is 12.7. The lowest BCUT2D eigenvalue weighted by Crippen LogP contribution is -2.22. The molecule has 0 aliphatic heterocycles. The Morgan fingerprint density at radius 2 is 1.88 bits per heavy atom. The van der Waals surface area contributed by atoms with Gasteiger partial charge in [-0.15, -0.1) is 0 Å². The number of hydrogen-bond acceptors (Lipinski definition) is 4. The Kier molecular flexibility index (Phi) is 5.31. The molecule has 1 aromatic rings. The van der Waals surface area contributed by atoms with Gasteiger partial charge in [0, 0.05) is 13.5 Å². The Hall–Kier alpha value is -1.20. The largest absolute Gasteiger partial charge is 0.384 e. The lowest BCUT2D eigenvalue weighted by molar-refractivity contribution is -0.116. The van der Waals surface area contributed by atoms with Gasteiger partial charge in [-0.05, 0) is 5.56 Å². The fraction of sp³-hybridized carbons (Fsp3) is 0.417. The molecule has 1 aromatic carbocycles. The Morgan fingerprint density at radius 3 is 2.47 bits per heavy atom. The maximum atomic E-state index is 11.6. The summed E-state index contributed by atoms with van der Waals surface area (Å²) < 4.78 is 27.7. The summed E-state index contributed by atoms with van der Waals surface area (Å²) in [7, 11) is -1.91. The number of sulfone groups is 1. The maximum Gasteiger partial charge on any atom is 0.159 e. The summed E-state index contributed by atoms with van der Waals surface area (Å²) in [6, 6.07) is 9.10. The van der Waals surface area contributed by atoms with Crippen LogP contribution in [0.4, 0.5) is 0 Å². The number of carbonyl (C=O) groups excluding carboxylic acids is 1. The first-order chi connectivity index (χ1) is 8.03. The van der Waals surface area contributed by atoms with Crippen LogP contribution in [0.25, 0.3) is 0 Å². The van der Waals surface area contributed by atoms with Crippen molar-refractivity contribution < 1.29 is 17.9 Å². The van der Waals surface area contributed by atoms with Crippen molar-refractivity contribution in [3.05, 3.63) is 35.9 Å². The van der Waals surface area contributed by atoms with Crippen LogP contribution in [0, 0.1) is 0 Å². The zero-order valence-electron chi connectivity index (χ0n) is 9.76. The lowest BCUT2D eigenvalue weighted by Gasteiger charge is -2.03. The highest BCUT2D eigenvalue weighted by Crippen LogP contribution is 2.02. The van der Waals surface area contributed by atoms with Crippen LogP contribution >= 0.6 is 0 Å². The van der Waals surface area contributed by atoms with Crippen LogP contribution in [-0.2, 0) is 25.8 Å². The van der Waals surface area contributed by atoms with Gasteiger partial charge in [-0.3, -0.25) is 4.79 Å². The normalized spacial score (nSPS) is 11.4. The predicted octanol–water partition coefficient (Wildman–Crippen LogP) is 0.859. The highest BCUT2D eigenvalue weighted by molar-refractivity contribution is 7.92. The molecular formula is C12H16O4S. The fourth-order valence-electron chi connectivity index (χ4n) is 1.40. The summed E-state index contributed by atoms with van der Waals surface area (Å²) in [5.74, 6) is -0.803. The second kappa shape index (κ2) is 6.51. The Labute approximate surface area is 102 Å². The number of methoxy groups -OCH3 is 1. The van der Waals surface area contributed by atoms with Gasteiger partial charge in [0.1, 0.15) is 5.75 Å². The summed E-state index contributed by atoms with van der Waals surface area (Å²) in [6.07, 6.45) is 0.160. The highest BCUT2D eigenvalue weighted by atomic mass is 32.2. The second-order valence-electron chi connectivity index (χ2n) is 3.79. The summed E-state index contributed by atoms with van der Waals surface area (Å²) >= 11 is 0. The predicted molar refractivity (Wildman–Crippen MR) is 65.7 cm³/mol. The van der Waals surface area contributed by atoms with Gasteiger partial charge in [0.25, 0.3) is 0 Å². The molecule has 0 N–H and O–H groups in total. The molecule has 0 heterocycles. The van der Waals surface area contributed by atoms with E-state index in [4.69, 9.17) is 0 Å². The van der Waals surface area contributed by atoms with Crippen molar-refractivity contribution in [2.45, 2.75) is 6.42 Å². The highest BCUT2D eigenvalue weighted by Gasteiger charge is 2.16. The van der Waals surface area contributed by atoms with E-state index in [0.29, 0.717) is 0 Å². The number of carbonyl (C=O) groups is 1. The molecule has 5 heteroatoms. The van der Waals surface area contributed by atoms with E-state index in [-0.39, 0.29) is 24.6 Å². The molecule has 94 valence electrons. The molecule has 0 atom stereocenters. The van der Waals surface area contributed by atoms with Gasteiger partial charge >= 0.3 is 0 Å². The minimum atomic E-state index is -3.34. The molecule has 0 amide bonds. The van der Waals surface area contributed by atoms with Crippen molar-refractivity contribution in [1.82, 2.24) is 0 Å². The van der Waals surface area contributed by atoms with Crippen LogP contribution in [0.5, 0.6) is 0 Å². The molecule has 0 saturated heterocycles. The number of ketones is 1. The molecular weight excluding hydrogens is 240 g/mol. The fourth-order valence-corrected chi connectivity index (χ4v) is 2.56. The van der Waals surface area contributed by atoms with E-state index in [2.05, 4.69) is 4.74 Å². The van der Waals surface area contributed by atoms with Crippen LogP contribution in [-0.4, -0.2) is 39.4 Å². The summed E-state index contributed by atoms with van der Waals surface area (Å²) in [5.41, 5.74) is 0.833. The standard InChI is InChI=1S/C12H16O4S/c1-16-7-8-17(14,15)10-12(13)9-11-5-3-2-4-6-11/h2-6H,7-10H2,1H3. The van der Waals surface area contributed by atoms with E-state index >= 15 is 0 Å². The topological polar surface area (TPSA) is 60.4 Å². The van der Waals surface area contributed by atoms with Gasteiger partial charge < -0.3 is 4.74 Å². The van der Waals surface area contributed by atoms with Gasteiger partial charge in [-0.2, -0.15) is 0 Å². The number of Topliss-reactive ketones (excluding diaryl/α,β-unsaturated/α-hetero) is 1. The van der Waals surface area contributed by atoms with E-state index in [1.54, 1.807) is 12.1 Å². The van der Waals surface area contributed by atoms with Crippen LogP contribution in [0.1, 0.15) is 5.56 Å². The molecule has 0 unspecified atom stereocenters. The SMILES string of the molecule is COCCS(=O)(=O)CC(=O)Cc1ccccc1. The first-order valence-corrected chi connectivity index (χ1v) is 7.10. The third-order valence-electron chi connectivity index (χ3n) is 2.22. The summed E-state index contributed by atoms with van der Waals surface area (Å²) in [5, 5.41) is 0. The zero-order valence-corrected chi connectivity index (χ0v) is 10.6. The van der Waals surface area contributed by atoms with Gasteiger partial charge in [0.2, 0.25) is 0 Å². The molecule has 0 radical (unpaired) electrons. The molecule has 17 heavy (non-hydrogen) atoms. The smallest absolute Gasteiger partial charge is 0.159 e. The van der Waals surface area contributed by atoms with Crippen molar-refractivity contribution in [3.8, 4) is 0 Å². The quantitative estimate of drug-likeness (QED) is 0.726. The molecule has 0 aliphatic carbocycles. The average molecular weight is 256 g/mol. The molecule has 0 spiro atoms. The molecule has 4 nitrogen and oxygen atoms in total. The summed E-state index contributed by atoms with van der Waals surface area (Å²) in [4.78, 5) is 11.6. The molecule has 1 rings (SSSR count). The van der Waals surface area contributed by atoms with Crippen molar-refractivity contribution in [3.63, 3.8) is 0 Å².